The number of benzene rings is 2. The molecule has 62 heavy (non-hydrogen) atoms. The van der Waals surface area contributed by atoms with Crippen LogP contribution >= 0.6 is 11.8 Å². The zero-order valence-electron chi connectivity index (χ0n) is 34.9. The lowest BCUT2D eigenvalue weighted by Crippen LogP contribution is -2.44. The summed E-state index contributed by atoms with van der Waals surface area (Å²) in [7, 11) is 0. The first-order valence-corrected chi connectivity index (χ1v) is 21.3. The van der Waals surface area contributed by atoms with Gasteiger partial charge in [0.25, 0.3) is 11.8 Å². The number of thioether (sulfide) groups is 1. The maximum atomic E-state index is 15.1. The molecule has 5 rings (SSSR count). The van der Waals surface area contributed by atoms with Crippen LogP contribution < -0.4 is 11.1 Å². The number of carboxylic acids is 1. The van der Waals surface area contributed by atoms with Crippen molar-refractivity contribution in [3.05, 3.63) is 108 Å². The standard InChI is InChI=1S/C44H51F2N7O8S/c1-44(2,3)42(35-21-29(33-22-31(45)10-12-34(33)46)24-51(35)23-28-8-5-4-6-9-28)52(19-7-17-47)41(58)27-62-26-30(43(59)60)20-32(54)11-13-36-49-38(61-50-36)16-18-48-37(55)25-53-39(56)14-15-40(53)57/h4-6,8-10,12,14-15,21-22,24,30,42H,7,11,13,16-20,23,25-27,47H2,1-3H3,(H,48,55)(H,59,60)/t30-,42-/m0/s1. The predicted octanol–water partition coefficient (Wildman–Crippen LogP) is 4.74. The van der Waals surface area contributed by atoms with Crippen molar-refractivity contribution in [2.24, 2.45) is 17.1 Å². The van der Waals surface area contributed by atoms with Crippen molar-refractivity contribution in [2.45, 2.75) is 65.5 Å². The number of ketones is 1. The minimum Gasteiger partial charge on any atom is -0.481 e. The van der Waals surface area contributed by atoms with Crippen LogP contribution in [0.15, 0.2) is 77.5 Å². The van der Waals surface area contributed by atoms with Crippen LogP contribution in [-0.4, -0.2) is 103 Å². The van der Waals surface area contributed by atoms with Gasteiger partial charge in [0, 0.05) is 86.2 Å². The predicted molar refractivity (Wildman–Crippen MR) is 226 cm³/mol. The van der Waals surface area contributed by atoms with E-state index in [-0.39, 0.29) is 79.2 Å². The summed E-state index contributed by atoms with van der Waals surface area (Å²) in [4.78, 5) is 81.7. The highest BCUT2D eigenvalue weighted by atomic mass is 32.2. The van der Waals surface area contributed by atoms with Crippen molar-refractivity contribution in [3.63, 3.8) is 0 Å². The van der Waals surface area contributed by atoms with E-state index in [1.165, 1.54) is 0 Å². The molecule has 4 amide bonds. The summed E-state index contributed by atoms with van der Waals surface area (Å²) in [5.74, 6) is -5.42. The maximum Gasteiger partial charge on any atom is 0.307 e. The summed E-state index contributed by atoms with van der Waals surface area (Å²) >= 11 is 1.11. The number of Topliss-reactive ketones (excluding diaryl/α,β-unsaturated/α-hetero) is 1. The number of aliphatic carboxylic acids is 1. The number of nitrogens with one attached hydrogen (secondary N) is 1. The number of carbonyl (C=O) groups is 6. The molecule has 0 spiro atoms. The Bertz CT molecular complexity index is 2260. The van der Waals surface area contributed by atoms with Gasteiger partial charge in [-0.2, -0.15) is 16.7 Å². The molecule has 1 aliphatic rings. The van der Waals surface area contributed by atoms with Crippen LogP contribution in [0.4, 0.5) is 8.78 Å². The molecule has 0 aliphatic carbocycles. The van der Waals surface area contributed by atoms with E-state index in [1.807, 2.05) is 55.7 Å². The molecular weight excluding hydrogens is 825 g/mol. The topological polar surface area (TPSA) is 211 Å². The summed E-state index contributed by atoms with van der Waals surface area (Å²) in [5, 5.41) is 16.4. The van der Waals surface area contributed by atoms with Gasteiger partial charge in [-0.15, -0.1) is 0 Å². The number of carboxylic acid groups (broad SMARTS) is 1. The third-order valence-electron chi connectivity index (χ3n) is 10.1. The summed E-state index contributed by atoms with van der Waals surface area (Å²) in [6.07, 6.45) is 4.31. The van der Waals surface area contributed by atoms with Crippen LogP contribution in [0.3, 0.4) is 0 Å². The Hall–Kier alpha value is -6.01. The molecule has 3 heterocycles. The lowest BCUT2D eigenvalue weighted by Gasteiger charge is -2.41. The maximum absolute atomic E-state index is 15.1. The second-order valence-corrected chi connectivity index (χ2v) is 17.0. The van der Waals surface area contributed by atoms with Crippen molar-refractivity contribution in [3.8, 4) is 11.1 Å². The van der Waals surface area contributed by atoms with E-state index in [0.29, 0.717) is 30.8 Å². The molecule has 0 fully saturated rings. The SMILES string of the molecule is CC(C)(C)[C@H](c1cc(-c2cc(F)ccc2F)cn1Cc1ccccc1)N(CCCN)C(=O)CSC[C@H](CC(=O)CCc1noc(CCNC(=O)CN2C(=O)C=CC2=O)n1)C(=O)O. The van der Waals surface area contributed by atoms with Crippen molar-refractivity contribution < 1.29 is 47.2 Å². The molecule has 15 nitrogen and oxygen atoms in total. The number of aryl methyl sites for hydroxylation is 1. The third-order valence-corrected chi connectivity index (χ3v) is 11.2. The Labute approximate surface area is 362 Å². The van der Waals surface area contributed by atoms with Gasteiger partial charge in [0.15, 0.2) is 5.82 Å². The van der Waals surface area contributed by atoms with Crippen LogP contribution in [-0.2, 0) is 48.2 Å². The molecule has 18 heteroatoms. The van der Waals surface area contributed by atoms with Crippen LogP contribution in [0, 0.1) is 23.0 Å². The fraction of sp³-hybridized carbons (Fsp3) is 0.409. The minimum atomic E-state index is -1.18. The van der Waals surface area contributed by atoms with Crippen LogP contribution in [0.25, 0.3) is 11.1 Å². The first-order chi connectivity index (χ1) is 29.5. The quantitative estimate of drug-likeness (QED) is 0.0864. The Kier molecular flexibility index (Phi) is 16.4. The molecule has 0 unspecified atom stereocenters. The van der Waals surface area contributed by atoms with Crippen LogP contribution in [0.2, 0.25) is 0 Å². The number of amides is 4. The monoisotopic (exact) mass is 875 g/mol. The highest BCUT2D eigenvalue weighted by Crippen LogP contribution is 2.41. The number of halogens is 2. The lowest BCUT2D eigenvalue weighted by atomic mass is 9.83. The van der Waals surface area contributed by atoms with Crippen molar-refractivity contribution in [1.82, 2.24) is 29.8 Å². The van der Waals surface area contributed by atoms with Crippen LogP contribution in [0.1, 0.15) is 69.0 Å². The van der Waals surface area contributed by atoms with Gasteiger partial charge in [0.05, 0.1) is 17.7 Å². The molecule has 2 atom stereocenters. The van der Waals surface area contributed by atoms with Gasteiger partial charge in [-0.05, 0) is 48.2 Å². The Morgan fingerprint density at radius 2 is 1.74 bits per heavy atom. The number of imide groups is 1. The van der Waals surface area contributed by atoms with Gasteiger partial charge in [-0.25, -0.2) is 8.78 Å². The fourth-order valence-corrected chi connectivity index (χ4v) is 8.08. The number of nitrogens with zero attached hydrogens (tertiary/aromatic N) is 5. The highest BCUT2D eigenvalue weighted by Gasteiger charge is 2.37. The number of hydrogen-bond donors (Lipinski definition) is 3. The molecule has 4 N–H and O–H groups in total. The second kappa shape index (κ2) is 21.7. The number of nitrogens with two attached hydrogens (primary N) is 1. The van der Waals surface area contributed by atoms with Gasteiger partial charge in [0.1, 0.15) is 24.0 Å². The van der Waals surface area contributed by atoms with Crippen molar-refractivity contribution in [1.29, 1.82) is 0 Å². The van der Waals surface area contributed by atoms with Gasteiger partial charge in [-0.3, -0.25) is 33.7 Å². The average molecular weight is 876 g/mol. The zero-order valence-corrected chi connectivity index (χ0v) is 35.7. The molecule has 330 valence electrons. The molecule has 4 aromatic rings. The zero-order chi connectivity index (χ0) is 45.0. The van der Waals surface area contributed by atoms with E-state index in [9.17, 15) is 38.3 Å². The minimum absolute atomic E-state index is 0.0141. The summed E-state index contributed by atoms with van der Waals surface area (Å²) in [5.41, 5.74) is 7.57. The Morgan fingerprint density at radius 1 is 1.02 bits per heavy atom. The molecule has 2 aromatic carbocycles. The van der Waals surface area contributed by atoms with Gasteiger partial charge in [0.2, 0.25) is 17.7 Å². The van der Waals surface area contributed by atoms with E-state index >= 15 is 4.39 Å². The lowest BCUT2D eigenvalue weighted by molar-refractivity contribution is -0.143. The average Bonchev–Trinajstić information content (AvgIpc) is 3.94. The number of carbonyl (C=O) groups excluding carboxylic acids is 5. The molecule has 0 saturated carbocycles. The highest BCUT2D eigenvalue weighted by molar-refractivity contribution is 7.99. The number of rotatable bonds is 23. The molecular formula is C44H51F2N7O8S. The molecule has 0 saturated heterocycles. The fourth-order valence-electron chi connectivity index (χ4n) is 7.08. The van der Waals surface area contributed by atoms with Crippen LogP contribution in [0.5, 0.6) is 0 Å². The number of hydrogen-bond acceptors (Lipinski definition) is 11. The second-order valence-electron chi connectivity index (χ2n) is 16.0. The van der Waals surface area contributed by atoms with Crippen molar-refractivity contribution in [2.75, 3.05) is 37.7 Å². The number of aromatic nitrogens is 3. The van der Waals surface area contributed by atoms with Gasteiger partial charge in [-0.1, -0.05) is 56.3 Å². The van der Waals surface area contributed by atoms with E-state index < -0.39 is 59.2 Å². The first kappa shape index (κ1) is 47.0. The van der Waals surface area contributed by atoms with E-state index in [4.69, 9.17) is 10.3 Å². The molecule has 0 radical (unpaired) electrons. The van der Waals surface area contributed by atoms with E-state index in [2.05, 4.69) is 15.5 Å². The molecule has 2 aromatic heterocycles. The largest absolute Gasteiger partial charge is 0.481 e. The van der Waals surface area contributed by atoms with E-state index in [1.54, 1.807) is 17.2 Å². The summed E-state index contributed by atoms with van der Waals surface area (Å²) in [6, 6.07) is 14.1. The Balaban J connectivity index is 1.20. The summed E-state index contributed by atoms with van der Waals surface area (Å²) in [6.45, 7) is 6.61. The Morgan fingerprint density at radius 3 is 2.42 bits per heavy atom. The third kappa shape index (κ3) is 13.0. The normalized spacial score (nSPS) is 13.7. The molecule has 1 aliphatic heterocycles. The van der Waals surface area contributed by atoms with Gasteiger partial charge < -0.3 is 30.1 Å². The summed E-state index contributed by atoms with van der Waals surface area (Å²) < 4.78 is 36.7. The van der Waals surface area contributed by atoms with E-state index in [0.717, 1.165) is 52.6 Å². The van der Waals surface area contributed by atoms with Crippen molar-refractivity contribution >= 4 is 47.1 Å². The molecule has 0 bridgehead atoms. The first-order valence-electron chi connectivity index (χ1n) is 20.2. The smallest absolute Gasteiger partial charge is 0.307 e. The van der Waals surface area contributed by atoms with Gasteiger partial charge >= 0.3 is 5.97 Å².